The molecule has 0 saturated heterocycles. The average Bonchev–Trinajstić information content (AvgIpc) is 2.74. The molecular formula is C8H7N5OS. The van der Waals surface area contributed by atoms with Crippen LogP contribution in [0.5, 0.6) is 0 Å². The van der Waals surface area contributed by atoms with Crippen LogP contribution in [-0.2, 0) is 0 Å². The molecule has 0 spiro atoms. The maximum absolute atomic E-state index is 11.6. The number of hydrogen-bond acceptors (Lipinski definition) is 6. The molecule has 0 unspecified atom stereocenters. The Hall–Kier alpha value is -2.02. The number of nitrogens with one attached hydrogen (secondary N) is 1. The predicted octanol–water partition coefficient (Wildman–Crippen LogP) is 0.768. The van der Waals surface area contributed by atoms with Crippen LogP contribution in [0, 0.1) is 0 Å². The van der Waals surface area contributed by atoms with Crippen molar-refractivity contribution in [3.8, 4) is 0 Å². The lowest BCUT2D eigenvalue weighted by atomic mass is 10.3. The van der Waals surface area contributed by atoms with Crippen LogP contribution in [0.1, 0.15) is 9.67 Å². The number of nitrogens with two attached hydrogens (primary N) is 1. The summed E-state index contributed by atoms with van der Waals surface area (Å²) < 4.78 is 3.59. The molecule has 2 heterocycles. The highest BCUT2D eigenvalue weighted by molar-refractivity contribution is 7.07. The van der Waals surface area contributed by atoms with Crippen molar-refractivity contribution in [3.05, 3.63) is 29.5 Å². The Balaban J connectivity index is 2.17. The minimum atomic E-state index is -0.275. The number of nitrogens with zero attached hydrogens (tertiary/aromatic N) is 3. The fraction of sp³-hybridized carbons (Fsp3) is 0. The van der Waals surface area contributed by atoms with Gasteiger partial charge in [-0.1, -0.05) is 4.49 Å². The normalized spacial score (nSPS) is 9.87. The van der Waals surface area contributed by atoms with Crippen molar-refractivity contribution in [2.45, 2.75) is 0 Å². The number of pyridine rings is 1. The van der Waals surface area contributed by atoms with Crippen LogP contribution >= 0.6 is 11.5 Å². The first-order valence-electron chi connectivity index (χ1n) is 4.05. The summed E-state index contributed by atoms with van der Waals surface area (Å²) in [6, 6.07) is 1.63. The molecule has 0 atom stereocenters. The van der Waals surface area contributed by atoms with Crippen LogP contribution in [-0.4, -0.2) is 20.5 Å². The number of anilines is 2. The third-order valence-electron chi connectivity index (χ3n) is 1.69. The zero-order valence-corrected chi connectivity index (χ0v) is 8.36. The van der Waals surface area contributed by atoms with Gasteiger partial charge in [-0.15, -0.1) is 5.10 Å². The van der Waals surface area contributed by atoms with Crippen LogP contribution in [0.2, 0.25) is 0 Å². The van der Waals surface area contributed by atoms with Crippen LogP contribution in [0.15, 0.2) is 24.7 Å². The smallest absolute Gasteiger partial charge is 0.269 e. The standard InChI is InChI=1S/C8H7N5OS/c9-5-3-10-2-1-6(5)12-8(14)7-4-11-13-15-7/h1-4H,9H2,(H,10,12,14). The first-order valence-corrected chi connectivity index (χ1v) is 4.83. The van der Waals surface area contributed by atoms with Gasteiger partial charge < -0.3 is 11.1 Å². The van der Waals surface area contributed by atoms with Gasteiger partial charge in [0.25, 0.3) is 5.91 Å². The van der Waals surface area contributed by atoms with E-state index in [1.54, 1.807) is 12.3 Å². The van der Waals surface area contributed by atoms with E-state index in [-0.39, 0.29) is 5.91 Å². The largest absolute Gasteiger partial charge is 0.396 e. The van der Waals surface area contributed by atoms with Crippen molar-refractivity contribution < 1.29 is 4.79 Å². The van der Waals surface area contributed by atoms with Crippen molar-refractivity contribution in [2.24, 2.45) is 0 Å². The van der Waals surface area contributed by atoms with Gasteiger partial charge in [0.15, 0.2) is 0 Å². The van der Waals surface area contributed by atoms with Gasteiger partial charge in [0, 0.05) is 6.20 Å². The van der Waals surface area contributed by atoms with Crippen LogP contribution < -0.4 is 11.1 Å². The summed E-state index contributed by atoms with van der Waals surface area (Å²) in [4.78, 5) is 15.8. The molecule has 76 valence electrons. The summed E-state index contributed by atoms with van der Waals surface area (Å²) in [5, 5.41) is 6.21. The minimum absolute atomic E-state index is 0.275. The molecular weight excluding hydrogens is 214 g/mol. The molecule has 7 heteroatoms. The predicted molar refractivity (Wildman–Crippen MR) is 56.5 cm³/mol. The number of carbonyl (C=O) groups is 1. The van der Waals surface area contributed by atoms with Gasteiger partial charge >= 0.3 is 0 Å². The third kappa shape index (κ3) is 2.08. The Morgan fingerprint density at radius 1 is 1.47 bits per heavy atom. The van der Waals surface area contributed by atoms with Gasteiger partial charge in [-0.25, -0.2) is 0 Å². The molecule has 15 heavy (non-hydrogen) atoms. The molecule has 0 aliphatic carbocycles. The fourth-order valence-corrected chi connectivity index (χ4v) is 1.38. The van der Waals surface area contributed by atoms with Crippen molar-refractivity contribution in [2.75, 3.05) is 11.1 Å². The summed E-state index contributed by atoms with van der Waals surface area (Å²) in [5.74, 6) is -0.275. The Kier molecular flexibility index (Phi) is 2.55. The summed E-state index contributed by atoms with van der Waals surface area (Å²) in [6.07, 6.45) is 4.43. The Morgan fingerprint density at radius 3 is 3.00 bits per heavy atom. The molecule has 2 aromatic rings. The van der Waals surface area contributed by atoms with Crippen molar-refractivity contribution in [3.63, 3.8) is 0 Å². The molecule has 1 amide bonds. The lowest BCUT2D eigenvalue weighted by Crippen LogP contribution is -2.11. The summed E-state index contributed by atoms with van der Waals surface area (Å²) >= 11 is 1.03. The number of amides is 1. The third-order valence-corrected chi connectivity index (χ3v) is 2.35. The highest BCUT2D eigenvalue weighted by Gasteiger charge is 2.09. The van der Waals surface area contributed by atoms with E-state index in [2.05, 4.69) is 19.9 Å². The topological polar surface area (TPSA) is 93.8 Å². The minimum Gasteiger partial charge on any atom is -0.396 e. The number of rotatable bonds is 2. The first kappa shape index (κ1) is 9.53. The highest BCUT2D eigenvalue weighted by atomic mass is 32.1. The molecule has 0 fully saturated rings. The lowest BCUT2D eigenvalue weighted by molar-refractivity contribution is 0.103. The van der Waals surface area contributed by atoms with Crippen molar-refractivity contribution >= 4 is 28.8 Å². The molecule has 6 nitrogen and oxygen atoms in total. The Labute approximate surface area is 89.3 Å². The van der Waals surface area contributed by atoms with E-state index >= 15 is 0 Å². The number of hydrogen-bond donors (Lipinski definition) is 2. The first-order chi connectivity index (χ1) is 7.27. The van der Waals surface area contributed by atoms with Crippen LogP contribution in [0.25, 0.3) is 0 Å². The summed E-state index contributed by atoms with van der Waals surface area (Å²) in [6.45, 7) is 0. The van der Waals surface area contributed by atoms with Crippen LogP contribution in [0.4, 0.5) is 11.4 Å². The zero-order chi connectivity index (χ0) is 10.7. The maximum atomic E-state index is 11.6. The van der Waals surface area contributed by atoms with E-state index in [1.807, 2.05) is 0 Å². The Morgan fingerprint density at radius 2 is 2.33 bits per heavy atom. The summed E-state index contributed by atoms with van der Waals surface area (Å²) in [5.41, 5.74) is 6.57. The van der Waals surface area contributed by atoms with Crippen molar-refractivity contribution in [1.82, 2.24) is 14.6 Å². The van der Waals surface area contributed by atoms with E-state index in [0.29, 0.717) is 16.3 Å². The molecule has 0 aromatic carbocycles. The van der Waals surface area contributed by atoms with Gasteiger partial charge in [0.05, 0.1) is 23.8 Å². The molecule has 0 aliphatic heterocycles. The molecule has 0 saturated carbocycles. The number of aromatic nitrogens is 3. The maximum Gasteiger partial charge on any atom is 0.269 e. The van der Waals surface area contributed by atoms with Crippen molar-refractivity contribution in [1.29, 1.82) is 0 Å². The van der Waals surface area contributed by atoms with Gasteiger partial charge in [0.2, 0.25) is 0 Å². The van der Waals surface area contributed by atoms with E-state index in [0.717, 1.165) is 11.5 Å². The number of carbonyl (C=O) groups excluding carboxylic acids is 1. The molecule has 0 bridgehead atoms. The highest BCUT2D eigenvalue weighted by Crippen LogP contribution is 2.16. The van der Waals surface area contributed by atoms with E-state index < -0.39 is 0 Å². The lowest BCUT2D eigenvalue weighted by Gasteiger charge is -2.04. The molecule has 0 radical (unpaired) electrons. The average molecular weight is 221 g/mol. The second kappa shape index (κ2) is 4.01. The Bertz CT molecular complexity index is 470. The van der Waals surface area contributed by atoms with Gasteiger partial charge in [-0.3, -0.25) is 9.78 Å². The molecule has 3 N–H and O–H groups in total. The van der Waals surface area contributed by atoms with Crippen LogP contribution in [0.3, 0.4) is 0 Å². The molecule has 2 aromatic heterocycles. The SMILES string of the molecule is Nc1cnccc1NC(=O)c1cnns1. The summed E-state index contributed by atoms with van der Waals surface area (Å²) in [7, 11) is 0. The zero-order valence-electron chi connectivity index (χ0n) is 7.54. The van der Waals surface area contributed by atoms with Gasteiger partial charge in [-0.05, 0) is 17.6 Å². The second-order valence-corrected chi connectivity index (χ2v) is 3.48. The van der Waals surface area contributed by atoms with E-state index in [1.165, 1.54) is 12.4 Å². The van der Waals surface area contributed by atoms with E-state index in [4.69, 9.17) is 5.73 Å². The molecule has 0 aliphatic rings. The quantitative estimate of drug-likeness (QED) is 0.781. The van der Waals surface area contributed by atoms with Gasteiger partial charge in [0.1, 0.15) is 4.88 Å². The number of nitrogen functional groups attached to an aromatic ring is 1. The fourth-order valence-electron chi connectivity index (χ4n) is 0.972. The van der Waals surface area contributed by atoms with E-state index in [9.17, 15) is 4.79 Å². The van der Waals surface area contributed by atoms with Gasteiger partial charge in [-0.2, -0.15) is 0 Å². The molecule has 2 rings (SSSR count). The second-order valence-electron chi connectivity index (χ2n) is 2.70. The monoisotopic (exact) mass is 221 g/mol.